The van der Waals surface area contributed by atoms with Gasteiger partial charge < -0.3 is 9.84 Å². The average Bonchev–Trinajstić information content (AvgIpc) is 2.51. The molecule has 3 atom stereocenters. The van der Waals surface area contributed by atoms with Crippen molar-refractivity contribution in [2.45, 2.75) is 73.1 Å². The maximum absolute atomic E-state index is 10.9. The highest BCUT2D eigenvalue weighted by molar-refractivity contribution is 5.66. The first-order chi connectivity index (χ1) is 11.7. The highest BCUT2D eigenvalue weighted by Gasteiger charge is 2.51. The molecule has 1 N–H and O–H groups in total. The molecule has 0 saturated heterocycles. The van der Waals surface area contributed by atoms with Crippen molar-refractivity contribution in [3.63, 3.8) is 0 Å². The van der Waals surface area contributed by atoms with Crippen LogP contribution in [-0.2, 0) is 9.53 Å². The summed E-state index contributed by atoms with van der Waals surface area (Å²) in [5.74, 6) is 0.911. The van der Waals surface area contributed by atoms with Gasteiger partial charge in [0, 0.05) is 6.92 Å². The van der Waals surface area contributed by atoms with Gasteiger partial charge in [-0.15, -0.1) is 0 Å². The van der Waals surface area contributed by atoms with Crippen LogP contribution in [-0.4, -0.2) is 24.3 Å². The number of fused-ring (bicyclic) bond motifs is 1. The number of hydrogen-bond acceptors (Lipinski definition) is 3. The zero-order valence-electron chi connectivity index (χ0n) is 16.7. The molecule has 0 amide bonds. The van der Waals surface area contributed by atoms with Gasteiger partial charge in [-0.05, 0) is 73.3 Å². The lowest BCUT2D eigenvalue weighted by Crippen LogP contribution is -2.49. The van der Waals surface area contributed by atoms with Gasteiger partial charge in [-0.2, -0.15) is 0 Å². The van der Waals surface area contributed by atoms with E-state index in [0.29, 0.717) is 23.9 Å². The summed E-state index contributed by atoms with van der Waals surface area (Å²) >= 11 is 0. The topological polar surface area (TPSA) is 46.5 Å². The summed E-state index contributed by atoms with van der Waals surface area (Å²) in [6.07, 6.45) is 11.4. The third-order valence-corrected chi connectivity index (χ3v) is 6.86. The van der Waals surface area contributed by atoms with Crippen LogP contribution in [0.1, 0.15) is 73.1 Å². The summed E-state index contributed by atoms with van der Waals surface area (Å²) in [5.41, 5.74) is 3.16. The molecule has 0 radical (unpaired) electrons. The molecule has 0 spiro atoms. The molecule has 0 unspecified atom stereocenters. The van der Waals surface area contributed by atoms with Crippen LogP contribution < -0.4 is 0 Å². The third-order valence-electron chi connectivity index (χ3n) is 6.86. The van der Waals surface area contributed by atoms with Gasteiger partial charge in [0.05, 0.1) is 6.61 Å². The molecule has 142 valence electrons. The van der Waals surface area contributed by atoms with Crippen molar-refractivity contribution in [2.24, 2.45) is 22.7 Å². The van der Waals surface area contributed by atoms with Gasteiger partial charge in [-0.25, -0.2) is 0 Å². The minimum atomic E-state index is -0.235. The van der Waals surface area contributed by atoms with Crippen LogP contribution in [0.15, 0.2) is 23.3 Å². The van der Waals surface area contributed by atoms with E-state index in [1.165, 1.54) is 37.3 Å². The van der Waals surface area contributed by atoms with E-state index in [9.17, 15) is 9.90 Å². The zero-order valence-corrected chi connectivity index (χ0v) is 16.7. The number of allylic oxidation sites excluding steroid dienone is 2. The summed E-state index contributed by atoms with van der Waals surface area (Å²) in [7, 11) is 0. The van der Waals surface area contributed by atoms with Gasteiger partial charge in [-0.3, -0.25) is 4.79 Å². The summed E-state index contributed by atoms with van der Waals surface area (Å²) in [5, 5.41) is 9.92. The van der Waals surface area contributed by atoms with Gasteiger partial charge in [0.25, 0.3) is 0 Å². The number of rotatable bonds is 6. The molecular formula is C22H36O3. The van der Waals surface area contributed by atoms with E-state index in [0.717, 1.165) is 19.3 Å². The monoisotopic (exact) mass is 348 g/mol. The summed E-state index contributed by atoms with van der Waals surface area (Å²) in [6, 6.07) is 0. The standard InChI is InChI=1S/C22H36O3/c1-16(11-14-25-17(2)24)7-9-19-18(15-23)8-10-20-21(3,4)12-6-13-22(19,20)5/h8,11,19-20,23H,6-7,9-10,12-15H2,1-5H3/b16-11+/t19-,20-,22+/m1/s1. The Balaban J connectivity index is 2.11. The van der Waals surface area contributed by atoms with Crippen LogP contribution >= 0.6 is 0 Å². The highest BCUT2D eigenvalue weighted by atomic mass is 16.5. The predicted molar refractivity (Wildman–Crippen MR) is 102 cm³/mol. The highest BCUT2D eigenvalue weighted by Crippen LogP contribution is 2.60. The van der Waals surface area contributed by atoms with Crippen molar-refractivity contribution in [1.29, 1.82) is 0 Å². The van der Waals surface area contributed by atoms with Crippen molar-refractivity contribution >= 4 is 5.97 Å². The lowest BCUT2D eigenvalue weighted by Gasteiger charge is -2.57. The minimum absolute atomic E-state index is 0.184. The number of carbonyl (C=O) groups is 1. The second-order valence-electron chi connectivity index (χ2n) is 9.02. The summed E-state index contributed by atoms with van der Waals surface area (Å²) in [4.78, 5) is 10.9. The van der Waals surface area contributed by atoms with Crippen LogP contribution in [0.25, 0.3) is 0 Å². The fraction of sp³-hybridized carbons (Fsp3) is 0.773. The molecule has 2 aliphatic carbocycles. The van der Waals surface area contributed by atoms with Gasteiger partial charge in [-0.1, -0.05) is 38.8 Å². The minimum Gasteiger partial charge on any atom is -0.462 e. The normalized spacial score (nSPS) is 31.9. The Morgan fingerprint density at radius 3 is 2.68 bits per heavy atom. The van der Waals surface area contributed by atoms with Crippen LogP contribution in [0.3, 0.4) is 0 Å². The third kappa shape index (κ3) is 4.55. The Kier molecular flexibility index (Phi) is 6.53. The van der Waals surface area contributed by atoms with E-state index in [-0.39, 0.29) is 18.0 Å². The number of ether oxygens (including phenoxy) is 1. The molecule has 0 aromatic rings. The molecule has 3 nitrogen and oxygen atoms in total. The molecule has 3 heteroatoms. The first kappa shape index (κ1) is 20.2. The van der Waals surface area contributed by atoms with Crippen LogP contribution in [0.4, 0.5) is 0 Å². The quantitative estimate of drug-likeness (QED) is 0.540. The molecule has 0 aromatic carbocycles. The van der Waals surface area contributed by atoms with Crippen molar-refractivity contribution in [3.05, 3.63) is 23.3 Å². The van der Waals surface area contributed by atoms with Crippen molar-refractivity contribution < 1.29 is 14.6 Å². The van der Waals surface area contributed by atoms with Gasteiger partial charge in [0.1, 0.15) is 6.61 Å². The molecular weight excluding hydrogens is 312 g/mol. The molecule has 1 saturated carbocycles. The van der Waals surface area contributed by atoms with Gasteiger partial charge in [0.2, 0.25) is 0 Å². The van der Waals surface area contributed by atoms with E-state index in [4.69, 9.17) is 4.74 Å². The summed E-state index contributed by atoms with van der Waals surface area (Å²) in [6.45, 7) is 11.4. The number of aliphatic hydroxyl groups excluding tert-OH is 1. The van der Waals surface area contributed by atoms with E-state index in [2.05, 4.69) is 33.8 Å². The average molecular weight is 349 g/mol. The summed E-state index contributed by atoms with van der Waals surface area (Å²) < 4.78 is 5.01. The van der Waals surface area contributed by atoms with E-state index in [1.807, 2.05) is 6.08 Å². The molecule has 2 aliphatic rings. The smallest absolute Gasteiger partial charge is 0.302 e. The molecule has 2 rings (SSSR count). The number of aliphatic hydroxyl groups is 1. The van der Waals surface area contributed by atoms with Crippen LogP contribution in [0, 0.1) is 22.7 Å². The molecule has 0 heterocycles. The Morgan fingerprint density at radius 2 is 2.04 bits per heavy atom. The van der Waals surface area contributed by atoms with E-state index in [1.54, 1.807) is 0 Å². The Hall–Kier alpha value is -1.09. The first-order valence-electron chi connectivity index (χ1n) is 9.79. The van der Waals surface area contributed by atoms with Crippen molar-refractivity contribution in [2.75, 3.05) is 13.2 Å². The second kappa shape index (κ2) is 8.07. The maximum Gasteiger partial charge on any atom is 0.302 e. The van der Waals surface area contributed by atoms with Gasteiger partial charge in [0.15, 0.2) is 0 Å². The SMILES string of the molecule is CC(=O)OC/C=C(\C)CC[C@@H]1C(CO)=CC[C@@H]2C(C)(C)CCC[C@@]12C. The first-order valence-corrected chi connectivity index (χ1v) is 9.79. The van der Waals surface area contributed by atoms with Crippen LogP contribution in [0.5, 0.6) is 0 Å². The lowest BCUT2D eigenvalue weighted by molar-refractivity contribution is -0.139. The van der Waals surface area contributed by atoms with Crippen molar-refractivity contribution in [3.8, 4) is 0 Å². The molecule has 1 fully saturated rings. The maximum atomic E-state index is 10.9. The zero-order chi connectivity index (χ0) is 18.7. The van der Waals surface area contributed by atoms with E-state index < -0.39 is 0 Å². The molecule has 0 bridgehead atoms. The lowest BCUT2D eigenvalue weighted by atomic mass is 9.48. The largest absolute Gasteiger partial charge is 0.462 e. The Morgan fingerprint density at radius 1 is 1.32 bits per heavy atom. The van der Waals surface area contributed by atoms with E-state index >= 15 is 0 Å². The molecule has 0 aromatic heterocycles. The van der Waals surface area contributed by atoms with Crippen molar-refractivity contribution in [1.82, 2.24) is 0 Å². The Bertz CT molecular complexity index is 543. The molecule has 25 heavy (non-hydrogen) atoms. The fourth-order valence-corrected chi connectivity index (χ4v) is 5.47. The van der Waals surface area contributed by atoms with Crippen LogP contribution in [0.2, 0.25) is 0 Å². The molecule has 0 aliphatic heterocycles. The number of hydrogen-bond donors (Lipinski definition) is 1. The number of esters is 1. The predicted octanol–water partition coefficient (Wildman–Crippen LogP) is 5.05. The fourth-order valence-electron chi connectivity index (χ4n) is 5.47. The Labute approximate surface area is 153 Å². The number of carbonyl (C=O) groups excluding carboxylic acids is 1. The second-order valence-corrected chi connectivity index (χ2v) is 9.02. The van der Waals surface area contributed by atoms with Gasteiger partial charge >= 0.3 is 5.97 Å².